The van der Waals surface area contributed by atoms with E-state index in [2.05, 4.69) is 15.7 Å². The van der Waals surface area contributed by atoms with Crippen LogP contribution in [0.4, 0.5) is 4.79 Å². The average molecular weight is 340 g/mol. The molecule has 1 aliphatic rings. The molecule has 3 rings (SSSR count). The number of aromatic amines is 1. The minimum atomic E-state index is -1.26. The summed E-state index contributed by atoms with van der Waals surface area (Å²) >= 11 is 0. The Morgan fingerprint density at radius 2 is 1.84 bits per heavy atom. The van der Waals surface area contributed by atoms with Crippen LogP contribution in [0.5, 0.6) is 0 Å². The van der Waals surface area contributed by atoms with Gasteiger partial charge in [0.25, 0.3) is 17.4 Å². The molecule has 0 unspecified atom stereocenters. The standard InChI is InChI=1S/C17H16N4O4/c1-2-17(11-7-4-3-5-8-11)15(24)21(16(25)19-17)20-14(23)12-9-6-10-18-13(12)22/h3-10H,2H2,1H3,(H,18,22)(H,19,25)(H,20,23)/t17-/m1/s1. The first-order valence-electron chi connectivity index (χ1n) is 7.70. The molecule has 1 saturated heterocycles. The van der Waals surface area contributed by atoms with Gasteiger partial charge in [-0.1, -0.05) is 37.3 Å². The third kappa shape index (κ3) is 2.67. The maximum Gasteiger partial charge on any atom is 0.344 e. The molecule has 3 N–H and O–H groups in total. The molecule has 1 aliphatic heterocycles. The molecule has 4 amide bonds. The van der Waals surface area contributed by atoms with Gasteiger partial charge < -0.3 is 10.3 Å². The predicted octanol–water partition coefficient (Wildman–Crippen LogP) is 0.877. The van der Waals surface area contributed by atoms with Crippen molar-refractivity contribution in [2.45, 2.75) is 18.9 Å². The number of hydrogen-bond acceptors (Lipinski definition) is 4. The molecule has 0 aliphatic carbocycles. The highest BCUT2D eigenvalue weighted by Crippen LogP contribution is 2.31. The van der Waals surface area contributed by atoms with Gasteiger partial charge in [0.2, 0.25) is 0 Å². The van der Waals surface area contributed by atoms with Crippen molar-refractivity contribution in [2.24, 2.45) is 0 Å². The number of rotatable bonds is 4. The molecule has 2 aromatic rings. The summed E-state index contributed by atoms with van der Waals surface area (Å²) in [6.07, 6.45) is 1.68. The Labute approximate surface area is 142 Å². The number of amides is 4. The van der Waals surface area contributed by atoms with Crippen LogP contribution in [-0.4, -0.2) is 27.8 Å². The number of urea groups is 1. The molecule has 2 heterocycles. The van der Waals surface area contributed by atoms with Gasteiger partial charge in [-0.05, 0) is 24.1 Å². The van der Waals surface area contributed by atoms with E-state index in [1.165, 1.54) is 18.3 Å². The van der Waals surface area contributed by atoms with Gasteiger partial charge in [0.15, 0.2) is 0 Å². The average Bonchev–Trinajstić information content (AvgIpc) is 2.88. The molecule has 1 aromatic carbocycles. The van der Waals surface area contributed by atoms with Crippen LogP contribution in [0.25, 0.3) is 0 Å². The normalized spacial score (nSPS) is 19.6. The smallest absolute Gasteiger partial charge is 0.328 e. The highest BCUT2D eigenvalue weighted by atomic mass is 16.2. The van der Waals surface area contributed by atoms with Crippen LogP contribution < -0.4 is 16.3 Å². The van der Waals surface area contributed by atoms with Crippen molar-refractivity contribution in [1.29, 1.82) is 0 Å². The van der Waals surface area contributed by atoms with Crippen molar-refractivity contribution >= 4 is 17.8 Å². The summed E-state index contributed by atoms with van der Waals surface area (Å²) in [5, 5.41) is 3.26. The van der Waals surface area contributed by atoms with Crippen molar-refractivity contribution < 1.29 is 14.4 Å². The Balaban J connectivity index is 1.90. The van der Waals surface area contributed by atoms with E-state index >= 15 is 0 Å². The molecule has 1 fully saturated rings. The maximum absolute atomic E-state index is 12.9. The number of carbonyl (C=O) groups excluding carboxylic acids is 3. The lowest BCUT2D eigenvalue weighted by molar-refractivity contribution is -0.133. The van der Waals surface area contributed by atoms with E-state index in [4.69, 9.17) is 0 Å². The van der Waals surface area contributed by atoms with Gasteiger partial charge in [0.05, 0.1) is 0 Å². The SMILES string of the molecule is CC[C@]1(c2ccccc2)NC(=O)N(NC(=O)c2ccc[nH]c2=O)C1=O. The molecule has 0 spiro atoms. The van der Waals surface area contributed by atoms with E-state index in [0.717, 1.165) is 0 Å². The Hall–Kier alpha value is -3.42. The van der Waals surface area contributed by atoms with Crippen LogP contribution >= 0.6 is 0 Å². The molecule has 0 radical (unpaired) electrons. The van der Waals surface area contributed by atoms with Crippen LogP contribution in [-0.2, 0) is 10.3 Å². The van der Waals surface area contributed by atoms with Crippen molar-refractivity contribution in [2.75, 3.05) is 0 Å². The van der Waals surface area contributed by atoms with Crippen LogP contribution in [0.2, 0.25) is 0 Å². The van der Waals surface area contributed by atoms with Gasteiger partial charge in [0.1, 0.15) is 11.1 Å². The van der Waals surface area contributed by atoms with Gasteiger partial charge in [-0.15, -0.1) is 0 Å². The molecule has 128 valence electrons. The fourth-order valence-electron chi connectivity index (χ4n) is 2.80. The molecule has 8 nitrogen and oxygen atoms in total. The van der Waals surface area contributed by atoms with E-state index in [0.29, 0.717) is 17.0 Å². The zero-order chi connectivity index (χ0) is 18.0. The van der Waals surface area contributed by atoms with Crippen molar-refractivity contribution in [3.63, 3.8) is 0 Å². The largest absolute Gasteiger partial charge is 0.344 e. The van der Waals surface area contributed by atoms with Gasteiger partial charge >= 0.3 is 6.03 Å². The van der Waals surface area contributed by atoms with Gasteiger partial charge in [-0.2, -0.15) is 5.01 Å². The number of nitrogens with zero attached hydrogens (tertiary/aromatic N) is 1. The van der Waals surface area contributed by atoms with Crippen molar-refractivity contribution in [3.05, 3.63) is 70.1 Å². The zero-order valence-electron chi connectivity index (χ0n) is 13.4. The lowest BCUT2D eigenvalue weighted by Gasteiger charge is -2.25. The monoisotopic (exact) mass is 340 g/mol. The summed E-state index contributed by atoms with van der Waals surface area (Å²) in [4.78, 5) is 51.4. The summed E-state index contributed by atoms with van der Waals surface area (Å²) in [5.41, 5.74) is 0.756. The molecule has 0 bridgehead atoms. The van der Waals surface area contributed by atoms with Crippen LogP contribution in [0.1, 0.15) is 29.3 Å². The molecular formula is C17H16N4O4. The Morgan fingerprint density at radius 3 is 2.48 bits per heavy atom. The number of carbonyl (C=O) groups is 3. The fraction of sp³-hybridized carbons (Fsp3) is 0.176. The van der Waals surface area contributed by atoms with Crippen molar-refractivity contribution in [3.8, 4) is 0 Å². The van der Waals surface area contributed by atoms with Crippen LogP contribution in [0.3, 0.4) is 0 Å². The number of benzene rings is 1. The number of aromatic nitrogens is 1. The van der Waals surface area contributed by atoms with Gasteiger partial charge in [0, 0.05) is 6.20 Å². The molecule has 0 saturated carbocycles. The van der Waals surface area contributed by atoms with Gasteiger partial charge in [-0.3, -0.25) is 19.8 Å². The number of hydrogen-bond donors (Lipinski definition) is 3. The Morgan fingerprint density at radius 1 is 1.12 bits per heavy atom. The second kappa shape index (κ2) is 6.23. The highest BCUT2D eigenvalue weighted by Gasteiger charge is 2.52. The molecular weight excluding hydrogens is 324 g/mol. The highest BCUT2D eigenvalue weighted by molar-refractivity contribution is 6.09. The lowest BCUT2D eigenvalue weighted by Crippen LogP contribution is -2.49. The summed E-state index contributed by atoms with van der Waals surface area (Å²) in [6, 6.07) is 10.8. The Kier molecular flexibility index (Phi) is 4.10. The number of hydrazine groups is 1. The number of imide groups is 1. The third-order valence-corrected chi connectivity index (χ3v) is 4.16. The number of H-pyrrole nitrogens is 1. The summed E-state index contributed by atoms with van der Waals surface area (Å²) in [6.45, 7) is 1.76. The maximum atomic E-state index is 12.9. The predicted molar refractivity (Wildman–Crippen MR) is 88.3 cm³/mol. The van der Waals surface area contributed by atoms with Gasteiger partial charge in [-0.25, -0.2) is 4.79 Å². The molecule has 1 atom stereocenters. The summed E-state index contributed by atoms with van der Waals surface area (Å²) in [7, 11) is 0. The second-order valence-corrected chi connectivity index (χ2v) is 5.55. The number of nitrogens with one attached hydrogen (secondary N) is 3. The summed E-state index contributed by atoms with van der Waals surface area (Å²) in [5.74, 6) is -1.45. The van der Waals surface area contributed by atoms with Crippen LogP contribution in [0, 0.1) is 0 Å². The molecule has 8 heteroatoms. The quantitative estimate of drug-likeness (QED) is 0.717. The van der Waals surface area contributed by atoms with E-state index in [1.807, 2.05) is 0 Å². The fourth-order valence-corrected chi connectivity index (χ4v) is 2.80. The van der Waals surface area contributed by atoms with Crippen LogP contribution in [0.15, 0.2) is 53.5 Å². The Bertz CT molecular complexity index is 893. The first-order valence-corrected chi connectivity index (χ1v) is 7.70. The van der Waals surface area contributed by atoms with E-state index in [-0.39, 0.29) is 5.56 Å². The lowest BCUT2D eigenvalue weighted by atomic mass is 9.87. The number of pyridine rings is 1. The first-order chi connectivity index (χ1) is 12.0. The minimum Gasteiger partial charge on any atom is -0.328 e. The summed E-state index contributed by atoms with van der Waals surface area (Å²) < 4.78 is 0. The van der Waals surface area contributed by atoms with E-state index in [1.54, 1.807) is 37.3 Å². The first kappa shape index (κ1) is 16.4. The molecule has 25 heavy (non-hydrogen) atoms. The second-order valence-electron chi connectivity index (χ2n) is 5.55. The van der Waals surface area contributed by atoms with E-state index in [9.17, 15) is 19.2 Å². The van der Waals surface area contributed by atoms with Crippen molar-refractivity contribution in [1.82, 2.24) is 20.7 Å². The third-order valence-electron chi connectivity index (χ3n) is 4.16. The zero-order valence-corrected chi connectivity index (χ0v) is 13.4. The topological polar surface area (TPSA) is 111 Å². The molecule has 1 aromatic heterocycles. The van der Waals surface area contributed by atoms with E-state index < -0.39 is 28.9 Å². The minimum absolute atomic E-state index is 0.197.